The van der Waals surface area contributed by atoms with E-state index in [0.717, 1.165) is 5.56 Å². The molecule has 0 aliphatic rings. The molecule has 1 N–H and O–H groups in total. The van der Waals surface area contributed by atoms with Crippen molar-refractivity contribution < 1.29 is 22.3 Å². The van der Waals surface area contributed by atoms with E-state index in [1.54, 1.807) is 20.0 Å². The highest BCUT2D eigenvalue weighted by Crippen LogP contribution is 2.20. The fourth-order valence-electron chi connectivity index (χ4n) is 1.83. The molecule has 1 atom stereocenters. The van der Waals surface area contributed by atoms with Gasteiger partial charge in [0.05, 0.1) is 0 Å². The van der Waals surface area contributed by atoms with Gasteiger partial charge in [0.1, 0.15) is 12.4 Å². The molecule has 0 spiro atoms. The number of hydrogen-bond donors (Lipinski definition) is 1. The Kier molecular flexibility index (Phi) is 5.75. The molecule has 0 aliphatic heterocycles. The zero-order valence-corrected chi connectivity index (χ0v) is 10.9. The summed E-state index contributed by atoms with van der Waals surface area (Å²) in [5.41, 5.74) is 1.47. The molecule has 0 amide bonds. The Balaban J connectivity index is 2.53. The van der Waals surface area contributed by atoms with Crippen LogP contribution in [-0.2, 0) is 4.74 Å². The van der Waals surface area contributed by atoms with E-state index in [1.165, 1.54) is 12.1 Å². The summed E-state index contributed by atoms with van der Waals surface area (Å²) >= 11 is 0. The fraction of sp³-hybridized carbons (Fsp3) is 0.538. The summed E-state index contributed by atoms with van der Waals surface area (Å²) in [6.45, 7) is 0.464. The van der Waals surface area contributed by atoms with Crippen LogP contribution in [0.4, 0.5) is 17.6 Å². The first-order valence-electron chi connectivity index (χ1n) is 5.90. The second-order valence-electron chi connectivity index (χ2n) is 4.36. The molecule has 6 heteroatoms. The maximum atomic E-state index is 13.3. The van der Waals surface area contributed by atoms with Gasteiger partial charge in [0.25, 0.3) is 0 Å². The van der Waals surface area contributed by atoms with Gasteiger partial charge in [0, 0.05) is 12.6 Å². The lowest BCUT2D eigenvalue weighted by Gasteiger charge is -2.17. The van der Waals surface area contributed by atoms with Crippen molar-refractivity contribution in [3.05, 3.63) is 35.1 Å². The number of nitrogens with one attached hydrogen (secondary N) is 1. The smallest absolute Gasteiger partial charge is 0.372 e. The molecule has 0 saturated heterocycles. The van der Waals surface area contributed by atoms with Crippen LogP contribution in [0.5, 0.6) is 0 Å². The summed E-state index contributed by atoms with van der Waals surface area (Å²) in [5, 5.41) is 2.94. The van der Waals surface area contributed by atoms with Gasteiger partial charge in [-0.15, -0.1) is 0 Å². The highest BCUT2D eigenvalue weighted by Gasteiger charge is 2.27. The van der Waals surface area contributed by atoms with Gasteiger partial charge in [-0.3, -0.25) is 0 Å². The first kappa shape index (κ1) is 15.9. The van der Waals surface area contributed by atoms with Gasteiger partial charge in [-0.1, -0.05) is 6.07 Å². The molecule has 108 valence electrons. The topological polar surface area (TPSA) is 21.3 Å². The summed E-state index contributed by atoms with van der Waals surface area (Å²) in [6.07, 6.45) is -3.97. The zero-order valence-electron chi connectivity index (χ0n) is 10.9. The predicted octanol–water partition coefficient (Wildman–Crippen LogP) is 3.36. The number of ether oxygens (including phenoxy) is 1. The average molecular weight is 279 g/mol. The third-order valence-electron chi connectivity index (χ3n) is 2.63. The lowest BCUT2D eigenvalue weighted by Crippen LogP contribution is -2.21. The van der Waals surface area contributed by atoms with E-state index in [0.29, 0.717) is 12.0 Å². The fourth-order valence-corrected chi connectivity index (χ4v) is 1.83. The summed E-state index contributed by atoms with van der Waals surface area (Å²) in [6, 6.07) is 4.34. The molecule has 1 aromatic rings. The molecule has 0 aromatic heterocycles. The van der Waals surface area contributed by atoms with Crippen molar-refractivity contribution in [1.82, 2.24) is 5.32 Å². The quantitative estimate of drug-likeness (QED) is 0.637. The van der Waals surface area contributed by atoms with E-state index in [4.69, 9.17) is 0 Å². The van der Waals surface area contributed by atoms with Gasteiger partial charge in [0.15, 0.2) is 0 Å². The standard InChI is InChI=1S/C13H17F4NO/c1-9-5-10(7-11(14)6-9)12(18-2)3-4-19-8-13(15,16)17/h5-7,12,18H,3-4,8H2,1-2H3. The lowest BCUT2D eigenvalue weighted by atomic mass is 10.0. The minimum absolute atomic E-state index is 0.0411. The van der Waals surface area contributed by atoms with Crippen LogP contribution in [-0.4, -0.2) is 26.4 Å². The number of aryl methyl sites for hydroxylation is 1. The monoisotopic (exact) mass is 279 g/mol. The SMILES string of the molecule is CNC(CCOCC(F)(F)F)c1cc(C)cc(F)c1. The molecule has 0 fully saturated rings. The van der Waals surface area contributed by atoms with Crippen LogP contribution in [0.3, 0.4) is 0 Å². The molecule has 0 radical (unpaired) electrons. The van der Waals surface area contributed by atoms with Gasteiger partial charge >= 0.3 is 6.18 Å². The second kappa shape index (κ2) is 6.86. The first-order chi connectivity index (χ1) is 8.81. The molecule has 0 bridgehead atoms. The van der Waals surface area contributed by atoms with Gasteiger partial charge in [-0.2, -0.15) is 13.2 Å². The van der Waals surface area contributed by atoms with Crippen molar-refractivity contribution in [1.29, 1.82) is 0 Å². The Morgan fingerprint density at radius 2 is 1.95 bits per heavy atom. The molecule has 1 aromatic carbocycles. The van der Waals surface area contributed by atoms with Crippen LogP contribution in [0, 0.1) is 12.7 Å². The maximum absolute atomic E-state index is 13.3. The van der Waals surface area contributed by atoms with Gasteiger partial charge in [0.2, 0.25) is 0 Å². The van der Waals surface area contributed by atoms with E-state index in [-0.39, 0.29) is 18.5 Å². The summed E-state index contributed by atoms with van der Waals surface area (Å²) < 4.78 is 53.5. The molecule has 1 rings (SSSR count). The molecule has 2 nitrogen and oxygen atoms in total. The van der Waals surface area contributed by atoms with Crippen LogP contribution in [0.1, 0.15) is 23.6 Å². The summed E-state index contributed by atoms with van der Waals surface area (Å²) in [7, 11) is 1.68. The molecule has 0 saturated carbocycles. The summed E-state index contributed by atoms with van der Waals surface area (Å²) in [5.74, 6) is -0.355. The minimum atomic E-state index is -4.31. The van der Waals surface area contributed by atoms with Crippen molar-refractivity contribution in [2.24, 2.45) is 0 Å². The maximum Gasteiger partial charge on any atom is 0.411 e. The Hall–Kier alpha value is -1.14. The van der Waals surface area contributed by atoms with Crippen LogP contribution >= 0.6 is 0 Å². The first-order valence-corrected chi connectivity index (χ1v) is 5.90. The Labute approximate surface area is 109 Å². The van der Waals surface area contributed by atoms with Crippen LogP contribution in [0.25, 0.3) is 0 Å². The number of benzene rings is 1. The van der Waals surface area contributed by atoms with Crippen LogP contribution in [0.15, 0.2) is 18.2 Å². The Bertz CT molecular complexity index is 386. The highest BCUT2D eigenvalue weighted by molar-refractivity contribution is 5.26. The van der Waals surface area contributed by atoms with E-state index in [9.17, 15) is 17.6 Å². The van der Waals surface area contributed by atoms with E-state index < -0.39 is 12.8 Å². The Morgan fingerprint density at radius 3 is 2.47 bits per heavy atom. The lowest BCUT2D eigenvalue weighted by molar-refractivity contribution is -0.174. The van der Waals surface area contributed by atoms with Crippen molar-refractivity contribution in [3.8, 4) is 0 Å². The van der Waals surface area contributed by atoms with Crippen LogP contribution in [0.2, 0.25) is 0 Å². The van der Waals surface area contributed by atoms with Gasteiger partial charge in [-0.05, 0) is 43.7 Å². The van der Waals surface area contributed by atoms with Crippen molar-refractivity contribution in [2.75, 3.05) is 20.3 Å². The van der Waals surface area contributed by atoms with E-state index in [1.807, 2.05) is 0 Å². The number of hydrogen-bond acceptors (Lipinski definition) is 2. The Morgan fingerprint density at radius 1 is 1.26 bits per heavy atom. The van der Waals surface area contributed by atoms with E-state index in [2.05, 4.69) is 10.1 Å². The van der Waals surface area contributed by atoms with E-state index >= 15 is 0 Å². The van der Waals surface area contributed by atoms with Gasteiger partial charge in [-0.25, -0.2) is 4.39 Å². The normalized spacial score (nSPS) is 13.6. The number of alkyl halides is 3. The zero-order chi connectivity index (χ0) is 14.5. The number of rotatable bonds is 6. The molecule has 1 unspecified atom stereocenters. The molecule has 19 heavy (non-hydrogen) atoms. The van der Waals surface area contributed by atoms with Crippen LogP contribution < -0.4 is 5.32 Å². The molecule has 0 heterocycles. The third-order valence-corrected chi connectivity index (χ3v) is 2.63. The summed E-state index contributed by atoms with van der Waals surface area (Å²) in [4.78, 5) is 0. The van der Waals surface area contributed by atoms with Crippen molar-refractivity contribution in [2.45, 2.75) is 25.6 Å². The van der Waals surface area contributed by atoms with Crippen molar-refractivity contribution in [3.63, 3.8) is 0 Å². The largest absolute Gasteiger partial charge is 0.411 e. The minimum Gasteiger partial charge on any atom is -0.372 e. The molecular weight excluding hydrogens is 262 g/mol. The highest BCUT2D eigenvalue weighted by atomic mass is 19.4. The van der Waals surface area contributed by atoms with Crippen molar-refractivity contribution >= 4 is 0 Å². The second-order valence-corrected chi connectivity index (χ2v) is 4.36. The number of halogens is 4. The van der Waals surface area contributed by atoms with Gasteiger partial charge < -0.3 is 10.1 Å². The predicted molar refractivity (Wildman–Crippen MR) is 64.4 cm³/mol. The molecule has 0 aliphatic carbocycles. The molecular formula is C13H17F4NO. The third kappa shape index (κ3) is 6.02. The average Bonchev–Trinajstić information content (AvgIpc) is 2.26.